The van der Waals surface area contributed by atoms with E-state index in [2.05, 4.69) is 5.32 Å². The minimum Gasteiger partial charge on any atom is -0.462 e. The summed E-state index contributed by atoms with van der Waals surface area (Å²) in [6, 6.07) is 13.8. The van der Waals surface area contributed by atoms with Gasteiger partial charge in [-0.05, 0) is 64.4 Å². The number of benzene rings is 2. The predicted octanol–water partition coefficient (Wildman–Crippen LogP) is 4.01. The number of hydrogen-bond acceptors (Lipinski definition) is 7. The number of alkyl carbamates (subject to hydrolysis) is 1. The molecule has 1 unspecified atom stereocenters. The van der Waals surface area contributed by atoms with Crippen molar-refractivity contribution in [2.75, 3.05) is 6.54 Å². The van der Waals surface area contributed by atoms with Gasteiger partial charge in [-0.2, -0.15) is 8.42 Å². The average Bonchev–Trinajstić information content (AvgIpc) is 2.68. The van der Waals surface area contributed by atoms with Crippen LogP contribution in [0.2, 0.25) is 0 Å². The summed E-state index contributed by atoms with van der Waals surface area (Å²) in [5, 5.41) is 2.58. The van der Waals surface area contributed by atoms with E-state index in [0.29, 0.717) is 5.56 Å². The zero-order valence-corrected chi connectivity index (χ0v) is 19.6. The number of nitrogens with one attached hydrogen (secondary N) is 1. The second kappa shape index (κ2) is 10.5. The number of esters is 1. The maximum absolute atomic E-state index is 12.6. The van der Waals surface area contributed by atoms with Crippen LogP contribution in [0.1, 0.15) is 46.1 Å². The molecule has 1 amide bonds. The lowest BCUT2D eigenvalue weighted by Gasteiger charge is -2.22. The minimum atomic E-state index is -3.98. The van der Waals surface area contributed by atoms with Crippen LogP contribution in [-0.4, -0.2) is 38.7 Å². The largest absolute Gasteiger partial charge is 0.462 e. The molecule has 8 nitrogen and oxygen atoms in total. The van der Waals surface area contributed by atoms with Crippen molar-refractivity contribution in [1.29, 1.82) is 0 Å². The monoisotopic (exact) mass is 463 g/mol. The SMILES string of the molecule is CC(C)OC(=O)C(CNC(=O)OC(C)(C)C)c1ccc(OS(=O)(=O)c2ccccc2)cc1. The normalized spacial score (nSPS) is 12.7. The van der Waals surface area contributed by atoms with Crippen LogP contribution in [0.3, 0.4) is 0 Å². The summed E-state index contributed by atoms with van der Waals surface area (Å²) < 4.78 is 40.5. The summed E-state index contributed by atoms with van der Waals surface area (Å²) in [7, 11) is -3.98. The average molecular weight is 464 g/mol. The van der Waals surface area contributed by atoms with Crippen molar-refractivity contribution in [3.8, 4) is 5.75 Å². The highest BCUT2D eigenvalue weighted by Gasteiger charge is 2.26. The fourth-order valence-corrected chi connectivity index (χ4v) is 3.62. The highest BCUT2D eigenvalue weighted by Crippen LogP contribution is 2.24. The van der Waals surface area contributed by atoms with Gasteiger partial charge in [0.1, 0.15) is 16.2 Å². The maximum Gasteiger partial charge on any atom is 0.407 e. The molecule has 0 spiro atoms. The summed E-state index contributed by atoms with van der Waals surface area (Å²) in [4.78, 5) is 24.7. The molecular weight excluding hydrogens is 434 g/mol. The summed E-state index contributed by atoms with van der Waals surface area (Å²) in [6.07, 6.45) is -1.00. The lowest BCUT2D eigenvalue weighted by molar-refractivity contribution is -0.149. The lowest BCUT2D eigenvalue weighted by Crippen LogP contribution is -2.37. The van der Waals surface area contributed by atoms with Crippen LogP contribution < -0.4 is 9.50 Å². The number of hydrogen-bond donors (Lipinski definition) is 1. The van der Waals surface area contributed by atoms with Crippen LogP contribution in [0.15, 0.2) is 59.5 Å². The molecule has 0 saturated carbocycles. The predicted molar refractivity (Wildman–Crippen MR) is 119 cm³/mol. The van der Waals surface area contributed by atoms with Gasteiger partial charge in [-0.1, -0.05) is 30.3 Å². The Labute approximate surface area is 189 Å². The van der Waals surface area contributed by atoms with E-state index in [9.17, 15) is 18.0 Å². The summed E-state index contributed by atoms with van der Waals surface area (Å²) in [5.74, 6) is -1.25. The molecular formula is C23H29NO7S. The first-order chi connectivity index (χ1) is 14.9. The van der Waals surface area contributed by atoms with Crippen LogP contribution in [0, 0.1) is 0 Å². The van der Waals surface area contributed by atoms with Gasteiger partial charge in [-0.3, -0.25) is 4.79 Å². The molecule has 0 aliphatic rings. The van der Waals surface area contributed by atoms with E-state index >= 15 is 0 Å². The second-order valence-electron chi connectivity index (χ2n) is 8.34. The van der Waals surface area contributed by atoms with Gasteiger partial charge in [0.05, 0.1) is 12.0 Å². The van der Waals surface area contributed by atoms with Gasteiger partial charge in [0, 0.05) is 6.54 Å². The molecule has 32 heavy (non-hydrogen) atoms. The van der Waals surface area contributed by atoms with Crippen LogP contribution >= 0.6 is 0 Å². The molecule has 2 aromatic carbocycles. The quantitative estimate of drug-likeness (QED) is 0.465. The zero-order chi connectivity index (χ0) is 23.9. The van der Waals surface area contributed by atoms with E-state index in [0.717, 1.165) is 0 Å². The van der Waals surface area contributed by atoms with Crippen molar-refractivity contribution in [2.24, 2.45) is 0 Å². The first kappa shape index (κ1) is 25.2. The van der Waals surface area contributed by atoms with E-state index in [-0.39, 0.29) is 23.3 Å². The van der Waals surface area contributed by atoms with Crippen LogP contribution in [0.25, 0.3) is 0 Å². The van der Waals surface area contributed by atoms with E-state index < -0.39 is 33.7 Å². The van der Waals surface area contributed by atoms with Crippen LogP contribution in [0.5, 0.6) is 5.75 Å². The van der Waals surface area contributed by atoms with Crippen molar-refractivity contribution < 1.29 is 31.7 Å². The Kier molecular flexibility index (Phi) is 8.26. The van der Waals surface area contributed by atoms with Crippen molar-refractivity contribution in [1.82, 2.24) is 5.32 Å². The molecule has 0 bridgehead atoms. The Hall–Kier alpha value is -3.07. The molecule has 0 radical (unpaired) electrons. The first-order valence-corrected chi connectivity index (χ1v) is 11.5. The molecule has 1 N–H and O–H groups in total. The van der Waals surface area contributed by atoms with Gasteiger partial charge < -0.3 is 19.0 Å². The molecule has 9 heteroatoms. The molecule has 0 aliphatic heterocycles. The third kappa shape index (κ3) is 7.88. The zero-order valence-electron chi connectivity index (χ0n) is 18.8. The molecule has 2 rings (SSSR count). The summed E-state index contributed by atoms with van der Waals surface area (Å²) in [6.45, 7) is 8.60. The topological polar surface area (TPSA) is 108 Å². The van der Waals surface area contributed by atoms with Crippen molar-refractivity contribution >= 4 is 22.2 Å². The maximum atomic E-state index is 12.6. The van der Waals surface area contributed by atoms with Gasteiger partial charge in [0.15, 0.2) is 0 Å². The van der Waals surface area contributed by atoms with Crippen LogP contribution in [0.4, 0.5) is 4.79 Å². The van der Waals surface area contributed by atoms with E-state index in [4.69, 9.17) is 13.7 Å². The van der Waals surface area contributed by atoms with Crippen molar-refractivity contribution in [3.05, 3.63) is 60.2 Å². The van der Waals surface area contributed by atoms with E-state index in [1.54, 1.807) is 65.0 Å². The standard InChI is InChI=1S/C23H29NO7S/c1-16(2)29-21(25)20(15-24-22(26)30-23(3,4)5)17-11-13-18(14-12-17)31-32(27,28)19-9-7-6-8-10-19/h6-14,16,20H,15H2,1-5H3,(H,24,26). The van der Waals surface area contributed by atoms with Gasteiger partial charge in [-0.15, -0.1) is 0 Å². The Morgan fingerprint density at radius 2 is 1.56 bits per heavy atom. The number of carbonyl (C=O) groups excluding carboxylic acids is 2. The number of amides is 1. The molecule has 174 valence electrons. The second-order valence-corrected chi connectivity index (χ2v) is 9.89. The lowest BCUT2D eigenvalue weighted by atomic mass is 9.99. The molecule has 0 aromatic heterocycles. The molecule has 2 aromatic rings. The summed E-state index contributed by atoms with van der Waals surface area (Å²) in [5.41, 5.74) is -0.155. The molecule has 0 heterocycles. The Morgan fingerprint density at radius 1 is 0.969 bits per heavy atom. The third-order valence-corrected chi connectivity index (χ3v) is 5.27. The molecule has 0 aliphatic carbocycles. The fourth-order valence-electron chi connectivity index (χ4n) is 2.67. The number of ether oxygens (including phenoxy) is 2. The molecule has 0 fully saturated rings. The Bertz CT molecular complexity index is 1010. The highest BCUT2D eigenvalue weighted by atomic mass is 32.2. The van der Waals surface area contributed by atoms with Gasteiger partial charge >= 0.3 is 22.2 Å². The van der Waals surface area contributed by atoms with Gasteiger partial charge in [0.25, 0.3) is 0 Å². The van der Waals surface area contributed by atoms with Gasteiger partial charge in [-0.25, -0.2) is 4.79 Å². The Balaban J connectivity index is 2.17. The van der Waals surface area contributed by atoms with Crippen molar-refractivity contribution in [3.63, 3.8) is 0 Å². The first-order valence-electron chi connectivity index (χ1n) is 10.1. The number of rotatable bonds is 8. The third-order valence-electron chi connectivity index (χ3n) is 4.01. The fraction of sp³-hybridized carbons (Fsp3) is 0.391. The van der Waals surface area contributed by atoms with Crippen LogP contribution in [-0.2, 0) is 24.4 Å². The number of carbonyl (C=O) groups is 2. The van der Waals surface area contributed by atoms with Gasteiger partial charge in [0.2, 0.25) is 0 Å². The minimum absolute atomic E-state index is 0.0315. The Morgan fingerprint density at radius 3 is 2.09 bits per heavy atom. The highest BCUT2D eigenvalue weighted by molar-refractivity contribution is 7.87. The summed E-state index contributed by atoms with van der Waals surface area (Å²) >= 11 is 0. The molecule has 0 saturated heterocycles. The van der Waals surface area contributed by atoms with E-state index in [1.807, 2.05) is 0 Å². The molecule has 1 atom stereocenters. The van der Waals surface area contributed by atoms with E-state index in [1.165, 1.54) is 24.3 Å². The smallest absolute Gasteiger partial charge is 0.407 e. The van der Waals surface area contributed by atoms with Crippen molar-refractivity contribution in [2.45, 2.75) is 57.1 Å².